The van der Waals surface area contributed by atoms with Crippen LogP contribution in [0.25, 0.3) is 0 Å². The van der Waals surface area contributed by atoms with Crippen molar-refractivity contribution < 1.29 is 14.6 Å². The van der Waals surface area contributed by atoms with Gasteiger partial charge in [-0.3, -0.25) is 4.79 Å². The molecule has 0 heterocycles. The summed E-state index contributed by atoms with van der Waals surface area (Å²) in [6, 6.07) is 4.98. The predicted molar refractivity (Wildman–Crippen MR) is 73.2 cm³/mol. The van der Waals surface area contributed by atoms with Crippen LogP contribution in [0.1, 0.15) is 25.7 Å². The number of carbonyl (C=O) groups is 1. The van der Waals surface area contributed by atoms with Gasteiger partial charge in [-0.25, -0.2) is 0 Å². The zero-order valence-electron chi connectivity index (χ0n) is 11.1. The Balaban J connectivity index is 2.02. The first-order valence-corrected chi connectivity index (χ1v) is 6.53. The number of benzene rings is 1. The van der Waals surface area contributed by atoms with Crippen LogP contribution in [-0.2, 0) is 4.79 Å². The van der Waals surface area contributed by atoms with Crippen molar-refractivity contribution in [3.63, 3.8) is 0 Å². The van der Waals surface area contributed by atoms with Crippen molar-refractivity contribution in [2.24, 2.45) is 11.7 Å². The van der Waals surface area contributed by atoms with Gasteiger partial charge in [0.1, 0.15) is 11.5 Å². The van der Waals surface area contributed by atoms with Gasteiger partial charge in [-0.1, -0.05) is 0 Å². The van der Waals surface area contributed by atoms with E-state index in [0.717, 1.165) is 25.7 Å². The SMILES string of the molecule is COc1ccc(O)c(NC(=O)C2CCC(N)CC2)c1. The molecule has 2 rings (SSSR count). The highest BCUT2D eigenvalue weighted by Gasteiger charge is 2.25. The molecule has 0 saturated heterocycles. The summed E-state index contributed by atoms with van der Waals surface area (Å²) in [5, 5.41) is 12.5. The summed E-state index contributed by atoms with van der Waals surface area (Å²) < 4.78 is 5.07. The van der Waals surface area contributed by atoms with E-state index < -0.39 is 0 Å². The fraction of sp³-hybridized carbons (Fsp3) is 0.500. The number of phenols is 1. The number of hydrogen-bond donors (Lipinski definition) is 3. The summed E-state index contributed by atoms with van der Waals surface area (Å²) in [5.41, 5.74) is 6.21. The molecule has 0 atom stereocenters. The summed E-state index contributed by atoms with van der Waals surface area (Å²) in [7, 11) is 1.54. The van der Waals surface area contributed by atoms with Crippen molar-refractivity contribution in [1.29, 1.82) is 0 Å². The lowest BCUT2D eigenvalue weighted by Gasteiger charge is -2.25. The third-order valence-electron chi connectivity index (χ3n) is 3.60. The highest BCUT2D eigenvalue weighted by molar-refractivity contribution is 5.94. The first-order chi connectivity index (χ1) is 9.10. The van der Waals surface area contributed by atoms with E-state index in [2.05, 4.69) is 5.32 Å². The Morgan fingerprint density at radius 2 is 2.05 bits per heavy atom. The molecular formula is C14H20N2O3. The fourth-order valence-electron chi connectivity index (χ4n) is 2.36. The molecule has 0 spiro atoms. The Morgan fingerprint density at radius 1 is 1.37 bits per heavy atom. The topological polar surface area (TPSA) is 84.6 Å². The smallest absolute Gasteiger partial charge is 0.227 e. The second-order valence-electron chi connectivity index (χ2n) is 4.98. The van der Waals surface area contributed by atoms with Crippen molar-refractivity contribution in [1.82, 2.24) is 0 Å². The number of aromatic hydroxyl groups is 1. The number of nitrogens with two attached hydrogens (primary N) is 1. The standard InChI is InChI=1S/C14H20N2O3/c1-19-11-6-7-13(17)12(8-11)16-14(18)9-2-4-10(15)5-3-9/h6-10,17H,2-5,15H2,1H3,(H,16,18). The van der Waals surface area contributed by atoms with Gasteiger partial charge in [0.05, 0.1) is 12.8 Å². The van der Waals surface area contributed by atoms with E-state index in [4.69, 9.17) is 10.5 Å². The van der Waals surface area contributed by atoms with E-state index >= 15 is 0 Å². The van der Waals surface area contributed by atoms with E-state index in [9.17, 15) is 9.90 Å². The minimum atomic E-state index is -0.0598. The number of ether oxygens (including phenoxy) is 1. The van der Waals surface area contributed by atoms with Crippen molar-refractivity contribution in [2.75, 3.05) is 12.4 Å². The van der Waals surface area contributed by atoms with Crippen LogP contribution in [0.2, 0.25) is 0 Å². The number of hydrogen-bond acceptors (Lipinski definition) is 4. The van der Waals surface area contributed by atoms with E-state index in [1.165, 1.54) is 6.07 Å². The van der Waals surface area contributed by atoms with Gasteiger partial charge in [0.2, 0.25) is 5.91 Å². The maximum absolute atomic E-state index is 12.1. The minimum Gasteiger partial charge on any atom is -0.506 e. The summed E-state index contributed by atoms with van der Waals surface area (Å²) >= 11 is 0. The molecule has 1 amide bonds. The molecule has 5 nitrogen and oxygen atoms in total. The van der Waals surface area contributed by atoms with Crippen LogP contribution in [0, 0.1) is 5.92 Å². The van der Waals surface area contributed by atoms with Crippen LogP contribution < -0.4 is 15.8 Å². The van der Waals surface area contributed by atoms with Gasteiger partial charge >= 0.3 is 0 Å². The molecule has 0 aromatic heterocycles. The van der Waals surface area contributed by atoms with Crippen LogP contribution in [-0.4, -0.2) is 24.2 Å². The molecule has 5 heteroatoms. The lowest BCUT2D eigenvalue weighted by Crippen LogP contribution is -2.32. The van der Waals surface area contributed by atoms with Crippen molar-refractivity contribution in [3.05, 3.63) is 18.2 Å². The Bertz CT molecular complexity index is 454. The zero-order valence-corrected chi connectivity index (χ0v) is 11.1. The average molecular weight is 264 g/mol. The van der Waals surface area contributed by atoms with E-state index in [0.29, 0.717) is 11.4 Å². The average Bonchev–Trinajstić information content (AvgIpc) is 2.42. The minimum absolute atomic E-state index is 0.0228. The molecule has 1 saturated carbocycles. The largest absolute Gasteiger partial charge is 0.506 e. The van der Waals surface area contributed by atoms with Gasteiger partial charge in [0, 0.05) is 18.0 Å². The number of anilines is 1. The van der Waals surface area contributed by atoms with E-state index in [1.54, 1.807) is 19.2 Å². The molecule has 1 aromatic rings. The van der Waals surface area contributed by atoms with Crippen molar-refractivity contribution in [2.45, 2.75) is 31.7 Å². The lowest BCUT2D eigenvalue weighted by atomic mass is 9.86. The van der Waals surface area contributed by atoms with Crippen molar-refractivity contribution in [3.8, 4) is 11.5 Å². The third kappa shape index (κ3) is 3.38. The number of methoxy groups -OCH3 is 1. The first-order valence-electron chi connectivity index (χ1n) is 6.53. The Labute approximate surface area is 112 Å². The maximum atomic E-state index is 12.1. The van der Waals surface area contributed by atoms with Gasteiger partial charge < -0.3 is 20.9 Å². The normalized spacial score (nSPS) is 22.8. The Hall–Kier alpha value is -1.75. The maximum Gasteiger partial charge on any atom is 0.227 e. The number of rotatable bonds is 3. The predicted octanol–water partition coefficient (Wildman–Crippen LogP) is 1.86. The number of carbonyl (C=O) groups excluding carboxylic acids is 1. The van der Waals surface area contributed by atoms with Crippen molar-refractivity contribution >= 4 is 11.6 Å². The van der Waals surface area contributed by atoms with Gasteiger partial charge in [-0.05, 0) is 37.8 Å². The van der Waals surface area contributed by atoms with Crippen LogP contribution in [0.4, 0.5) is 5.69 Å². The molecule has 1 aromatic carbocycles. The number of amides is 1. The summed E-state index contributed by atoms with van der Waals surface area (Å²) in [6.45, 7) is 0. The molecule has 0 bridgehead atoms. The molecule has 19 heavy (non-hydrogen) atoms. The lowest BCUT2D eigenvalue weighted by molar-refractivity contribution is -0.120. The van der Waals surface area contributed by atoms with Gasteiger partial charge in [0.15, 0.2) is 0 Å². The molecule has 0 radical (unpaired) electrons. The number of nitrogens with one attached hydrogen (secondary N) is 1. The molecule has 1 aliphatic rings. The summed E-state index contributed by atoms with van der Waals surface area (Å²) in [5.74, 6) is 0.557. The van der Waals surface area contributed by atoms with Gasteiger partial charge in [-0.2, -0.15) is 0 Å². The number of phenolic OH excluding ortho intramolecular Hbond substituents is 1. The van der Waals surface area contributed by atoms with E-state index in [1.807, 2.05) is 0 Å². The molecule has 1 fully saturated rings. The highest BCUT2D eigenvalue weighted by Crippen LogP contribution is 2.30. The molecule has 1 aliphatic carbocycles. The zero-order chi connectivity index (χ0) is 13.8. The first kappa shape index (κ1) is 13.7. The molecule has 4 N–H and O–H groups in total. The third-order valence-corrected chi connectivity index (χ3v) is 3.60. The summed E-state index contributed by atoms with van der Waals surface area (Å²) in [6.07, 6.45) is 3.36. The van der Waals surface area contributed by atoms with E-state index in [-0.39, 0.29) is 23.6 Å². The van der Waals surface area contributed by atoms with Crippen LogP contribution in [0.15, 0.2) is 18.2 Å². The van der Waals surface area contributed by atoms with Gasteiger partial charge in [-0.15, -0.1) is 0 Å². The fourth-order valence-corrected chi connectivity index (χ4v) is 2.36. The molecule has 0 aliphatic heterocycles. The van der Waals surface area contributed by atoms with Crippen LogP contribution in [0.5, 0.6) is 11.5 Å². The quantitative estimate of drug-likeness (QED) is 0.727. The molecule has 104 valence electrons. The second-order valence-corrected chi connectivity index (χ2v) is 4.98. The second kappa shape index (κ2) is 5.93. The van der Waals surface area contributed by atoms with Crippen LogP contribution >= 0.6 is 0 Å². The summed E-state index contributed by atoms with van der Waals surface area (Å²) in [4.78, 5) is 12.1. The van der Waals surface area contributed by atoms with Gasteiger partial charge in [0.25, 0.3) is 0 Å². The highest BCUT2D eigenvalue weighted by atomic mass is 16.5. The van der Waals surface area contributed by atoms with Crippen LogP contribution in [0.3, 0.4) is 0 Å². The molecule has 0 unspecified atom stereocenters. The Kier molecular flexibility index (Phi) is 4.27. The monoisotopic (exact) mass is 264 g/mol. The Morgan fingerprint density at radius 3 is 2.68 bits per heavy atom. The molecular weight excluding hydrogens is 244 g/mol.